The molecule has 0 bridgehead atoms. The molecule has 7 nitrogen and oxygen atoms in total. The molecule has 0 radical (unpaired) electrons. The maximum Gasteiger partial charge on any atom is 0.263 e. The maximum absolute atomic E-state index is 13.0. The number of benzene rings is 2. The Hall–Kier alpha value is -2.58. The average molecular weight is 433 g/mol. The Morgan fingerprint density at radius 1 is 1.00 bits per heavy atom. The molecule has 0 N–H and O–H groups in total. The number of hydrogen-bond acceptors (Lipinski definition) is 5. The van der Waals surface area contributed by atoms with E-state index in [0.717, 1.165) is 5.56 Å². The molecule has 0 unspecified atom stereocenters. The predicted octanol–water partition coefficient (Wildman–Crippen LogP) is 2.69. The van der Waals surface area contributed by atoms with Crippen LogP contribution in [0.25, 0.3) is 0 Å². The Balaban J connectivity index is 1.64. The molecule has 8 heteroatoms. The van der Waals surface area contributed by atoms with Gasteiger partial charge in [-0.05, 0) is 37.6 Å². The van der Waals surface area contributed by atoms with E-state index in [1.165, 1.54) is 4.31 Å². The Kier molecular flexibility index (Phi) is 6.99. The van der Waals surface area contributed by atoms with Crippen LogP contribution >= 0.6 is 0 Å². The SMILES string of the molecule is CC[C@H](Oc1ccccc1OC)C(=O)N1CCN(S(=O)(=O)c2ccc(C)cc2)CC1. The molecule has 2 aromatic rings. The summed E-state index contributed by atoms with van der Waals surface area (Å²) >= 11 is 0. The van der Waals surface area contributed by atoms with E-state index < -0.39 is 16.1 Å². The summed E-state index contributed by atoms with van der Waals surface area (Å²) in [6.07, 6.45) is -0.153. The van der Waals surface area contributed by atoms with E-state index >= 15 is 0 Å². The van der Waals surface area contributed by atoms with Crippen molar-refractivity contribution in [1.82, 2.24) is 9.21 Å². The summed E-state index contributed by atoms with van der Waals surface area (Å²) in [5.74, 6) is 0.939. The van der Waals surface area contributed by atoms with Crippen molar-refractivity contribution >= 4 is 15.9 Å². The van der Waals surface area contributed by atoms with Crippen molar-refractivity contribution in [2.45, 2.75) is 31.3 Å². The summed E-state index contributed by atoms with van der Waals surface area (Å²) in [7, 11) is -2.01. The minimum Gasteiger partial charge on any atom is -0.493 e. The number of rotatable bonds is 7. The van der Waals surface area contributed by atoms with Crippen LogP contribution in [0.4, 0.5) is 0 Å². The fourth-order valence-corrected chi connectivity index (χ4v) is 4.81. The molecule has 1 atom stereocenters. The number of para-hydroxylation sites is 2. The van der Waals surface area contributed by atoms with Crippen LogP contribution in [0.1, 0.15) is 18.9 Å². The third-order valence-corrected chi connectivity index (χ3v) is 7.11. The smallest absolute Gasteiger partial charge is 0.263 e. The van der Waals surface area contributed by atoms with Crippen molar-refractivity contribution in [3.05, 3.63) is 54.1 Å². The van der Waals surface area contributed by atoms with Gasteiger partial charge >= 0.3 is 0 Å². The molecule has 1 aliphatic rings. The van der Waals surface area contributed by atoms with E-state index in [-0.39, 0.29) is 23.9 Å². The van der Waals surface area contributed by atoms with Gasteiger partial charge < -0.3 is 14.4 Å². The van der Waals surface area contributed by atoms with Gasteiger partial charge in [-0.25, -0.2) is 8.42 Å². The molecule has 3 rings (SSSR count). The van der Waals surface area contributed by atoms with Gasteiger partial charge in [0.05, 0.1) is 12.0 Å². The second-order valence-corrected chi connectivity index (χ2v) is 9.15. The maximum atomic E-state index is 13.0. The lowest BCUT2D eigenvalue weighted by atomic mass is 10.2. The normalized spacial score (nSPS) is 16.2. The zero-order valence-electron chi connectivity index (χ0n) is 17.6. The number of carbonyl (C=O) groups excluding carboxylic acids is 1. The minimum absolute atomic E-state index is 0.143. The lowest BCUT2D eigenvalue weighted by molar-refractivity contribution is -0.140. The summed E-state index contributed by atoms with van der Waals surface area (Å²) in [5.41, 5.74) is 1.00. The highest BCUT2D eigenvalue weighted by Crippen LogP contribution is 2.28. The van der Waals surface area contributed by atoms with Gasteiger partial charge in [-0.3, -0.25) is 4.79 Å². The molecule has 0 saturated carbocycles. The van der Waals surface area contributed by atoms with E-state index in [0.29, 0.717) is 31.0 Å². The Morgan fingerprint density at radius 2 is 1.60 bits per heavy atom. The van der Waals surface area contributed by atoms with Crippen molar-refractivity contribution in [2.24, 2.45) is 0 Å². The highest BCUT2D eigenvalue weighted by atomic mass is 32.2. The molecule has 1 fully saturated rings. The number of amides is 1. The summed E-state index contributed by atoms with van der Waals surface area (Å²) in [4.78, 5) is 14.9. The molecule has 162 valence electrons. The Labute approximate surface area is 178 Å². The molecule has 0 aliphatic carbocycles. The van der Waals surface area contributed by atoms with Gasteiger partial charge in [0.25, 0.3) is 5.91 Å². The first kappa shape index (κ1) is 22.1. The van der Waals surface area contributed by atoms with E-state index in [9.17, 15) is 13.2 Å². The van der Waals surface area contributed by atoms with E-state index in [2.05, 4.69) is 0 Å². The van der Waals surface area contributed by atoms with Gasteiger partial charge in [0.15, 0.2) is 17.6 Å². The van der Waals surface area contributed by atoms with Crippen molar-refractivity contribution in [1.29, 1.82) is 0 Å². The first-order valence-corrected chi connectivity index (χ1v) is 11.5. The predicted molar refractivity (Wildman–Crippen MR) is 114 cm³/mol. The number of aryl methyl sites for hydroxylation is 1. The van der Waals surface area contributed by atoms with Crippen LogP contribution < -0.4 is 9.47 Å². The Bertz CT molecular complexity index is 967. The molecular formula is C22H28N2O5S. The standard InChI is InChI=1S/C22H28N2O5S/c1-4-19(29-21-8-6-5-7-20(21)28-3)22(25)23-13-15-24(16-14-23)30(26,27)18-11-9-17(2)10-12-18/h5-12,19H,4,13-16H2,1-3H3/t19-/m0/s1. The number of sulfonamides is 1. The van der Waals surface area contributed by atoms with E-state index in [4.69, 9.17) is 9.47 Å². The van der Waals surface area contributed by atoms with Crippen LogP contribution in [0.2, 0.25) is 0 Å². The van der Waals surface area contributed by atoms with Gasteiger partial charge in [-0.15, -0.1) is 0 Å². The summed E-state index contributed by atoms with van der Waals surface area (Å²) in [6.45, 7) is 4.97. The highest BCUT2D eigenvalue weighted by Gasteiger charge is 2.33. The molecule has 30 heavy (non-hydrogen) atoms. The number of hydrogen-bond donors (Lipinski definition) is 0. The van der Waals surface area contributed by atoms with Crippen molar-refractivity contribution < 1.29 is 22.7 Å². The van der Waals surface area contributed by atoms with Crippen LogP contribution in [0.5, 0.6) is 11.5 Å². The number of nitrogens with zero attached hydrogens (tertiary/aromatic N) is 2. The van der Waals surface area contributed by atoms with Gasteiger partial charge in [-0.2, -0.15) is 4.31 Å². The summed E-state index contributed by atoms with van der Waals surface area (Å²) < 4.78 is 38.4. The number of carbonyl (C=O) groups is 1. The molecular weight excluding hydrogens is 404 g/mol. The van der Waals surface area contributed by atoms with Crippen LogP contribution in [0.3, 0.4) is 0 Å². The Morgan fingerprint density at radius 3 is 2.17 bits per heavy atom. The molecule has 2 aromatic carbocycles. The van der Waals surface area contributed by atoms with Gasteiger partial charge in [0, 0.05) is 26.2 Å². The quantitative estimate of drug-likeness (QED) is 0.672. The van der Waals surface area contributed by atoms with Gasteiger partial charge in [0.1, 0.15) is 0 Å². The fourth-order valence-electron chi connectivity index (χ4n) is 3.39. The van der Waals surface area contributed by atoms with E-state index in [1.54, 1.807) is 48.4 Å². The van der Waals surface area contributed by atoms with Gasteiger partial charge in [0.2, 0.25) is 10.0 Å². The van der Waals surface area contributed by atoms with Crippen LogP contribution in [-0.2, 0) is 14.8 Å². The molecule has 1 aliphatic heterocycles. The molecule has 0 aromatic heterocycles. The second kappa shape index (κ2) is 9.49. The third kappa shape index (κ3) is 4.76. The van der Waals surface area contributed by atoms with Crippen molar-refractivity contribution in [3.8, 4) is 11.5 Å². The lowest BCUT2D eigenvalue weighted by Gasteiger charge is -2.35. The third-order valence-electron chi connectivity index (χ3n) is 5.19. The minimum atomic E-state index is -3.56. The molecule has 1 saturated heterocycles. The summed E-state index contributed by atoms with van der Waals surface area (Å²) in [6, 6.07) is 14.0. The first-order valence-electron chi connectivity index (χ1n) is 10.0. The number of ether oxygens (including phenoxy) is 2. The second-order valence-electron chi connectivity index (χ2n) is 7.21. The number of methoxy groups -OCH3 is 1. The highest BCUT2D eigenvalue weighted by molar-refractivity contribution is 7.89. The topological polar surface area (TPSA) is 76.2 Å². The zero-order valence-corrected chi connectivity index (χ0v) is 18.4. The van der Waals surface area contributed by atoms with Crippen molar-refractivity contribution in [3.63, 3.8) is 0 Å². The summed E-state index contributed by atoms with van der Waals surface area (Å²) in [5, 5.41) is 0. The van der Waals surface area contributed by atoms with E-state index in [1.807, 2.05) is 26.0 Å². The van der Waals surface area contributed by atoms with Gasteiger partial charge in [-0.1, -0.05) is 36.8 Å². The van der Waals surface area contributed by atoms with Crippen LogP contribution in [0.15, 0.2) is 53.4 Å². The van der Waals surface area contributed by atoms with Crippen LogP contribution in [-0.4, -0.2) is 62.9 Å². The lowest BCUT2D eigenvalue weighted by Crippen LogP contribution is -2.53. The first-order chi connectivity index (χ1) is 14.4. The largest absolute Gasteiger partial charge is 0.493 e. The number of piperazine rings is 1. The van der Waals surface area contributed by atoms with Crippen LogP contribution in [0, 0.1) is 6.92 Å². The van der Waals surface area contributed by atoms with Crippen molar-refractivity contribution in [2.75, 3.05) is 33.3 Å². The molecule has 0 spiro atoms. The molecule has 1 amide bonds. The fraction of sp³-hybridized carbons (Fsp3) is 0.409. The zero-order chi connectivity index (χ0) is 21.7. The monoisotopic (exact) mass is 432 g/mol. The average Bonchev–Trinajstić information content (AvgIpc) is 2.77. The molecule has 1 heterocycles.